The number of halogens is 4. The van der Waals surface area contributed by atoms with Gasteiger partial charge in [-0.3, -0.25) is 9.78 Å². The molecule has 0 aromatic carbocycles. The van der Waals surface area contributed by atoms with Gasteiger partial charge in [-0.25, -0.2) is 4.98 Å². The van der Waals surface area contributed by atoms with Gasteiger partial charge in [0.2, 0.25) is 5.60 Å². The number of hydrogen-bond acceptors (Lipinski definition) is 4. The monoisotopic (exact) mass is 362 g/mol. The lowest BCUT2D eigenvalue weighted by Gasteiger charge is -2.30. The Hall–Kier alpha value is -2.13. The summed E-state index contributed by atoms with van der Waals surface area (Å²) in [6, 6.07) is 1.39. The molecule has 0 saturated carbocycles. The fraction of sp³-hybridized carbons (Fsp3) is 0.357. The molecular weight excluding hydrogens is 349 g/mol. The number of rotatable bonds is 5. The van der Waals surface area contributed by atoms with Crippen molar-refractivity contribution in [3.05, 3.63) is 47.3 Å². The maximum absolute atomic E-state index is 13.3. The highest BCUT2D eigenvalue weighted by Gasteiger charge is 2.57. The number of carbonyl (C=O) groups is 1. The van der Waals surface area contributed by atoms with E-state index in [0.29, 0.717) is 0 Å². The number of aryl methyl sites for hydroxylation is 1. The number of nitrogens with one attached hydrogen (secondary N) is 1. The zero-order valence-corrected chi connectivity index (χ0v) is 13.3. The fourth-order valence-corrected chi connectivity index (χ4v) is 2.33. The molecule has 1 atom stereocenters. The Morgan fingerprint density at radius 1 is 1.42 bits per heavy atom. The Labute approximate surface area is 140 Å². The molecule has 0 bridgehead atoms. The molecule has 0 aliphatic rings. The first kappa shape index (κ1) is 18.2. The van der Waals surface area contributed by atoms with Crippen molar-refractivity contribution >= 4 is 17.5 Å². The van der Waals surface area contributed by atoms with Crippen LogP contribution in [-0.2, 0) is 12.6 Å². The van der Waals surface area contributed by atoms with Gasteiger partial charge >= 0.3 is 6.18 Å². The van der Waals surface area contributed by atoms with E-state index in [0.717, 1.165) is 10.8 Å². The number of nitrogens with zero attached hydrogens (tertiary/aromatic N) is 3. The van der Waals surface area contributed by atoms with E-state index in [2.05, 4.69) is 15.3 Å². The lowest BCUT2D eigenvalue weighted by Crippen LogP contribution is -2.46. The van der Waals surface area contributed by atoms with Gasteiger partial charge < -0.3 is 15.0 Å². The van der Waals surface area contributed by atoms with E-state index in [1.165, 1.54) is 31.7 Å². The molecule has 2 rings (SSSR count). The molecule has 6 nitrogen and oxygen atoms in total. The Balaban J connectivity index is 2.11. The highest BCUT2D eigenvalue weighted by atomic mass is 35.5. The largest absolute Gasteiger partial charge is 0.424 e. The van der Waals surface area contributed by atoms with E-state index in [4.69, 9.17) is 11.6 Å². The van der Waals surface area contributed by atoms with Gasteiger partial charge in [-0.2, -0.15) is 13.2 Å². The normalized spacial score (nSPS) is 14.2. The van der Waals surface area contributed by atoms with E-state index in [9.17, 15) is 23.1 Å². The number of imidazole rings is 1. The first-order valence-corrected chi connectivity index (χ1v) is 7.19. The van der Waals surface area contributed by atoms with Crippen LogP contribution in [-0.4, -0.2) is 38.3 Å². The van der Waals surface area contributed by atoms with E-state index in [1.807, 2.05) is 0 Å². The molecule has 2 N–H and O–H groups in total. The summed E-state index contributed by atoms with van der Waals surface area (Å²) >= 11 is 5.82. The zero-order valence-electron chi connectivity index (χ0n) is 12.5. The number of pyridine rings is 1. The van der Waals surface area contributed by atoms with E-state index < -0.39 is 36.5 Å². The molecular formula is C14H14ClF3N4O2. The topological polar surface area (TPSA) is 80.0 Å². The number of carbonyl (C=O) groups excluding carboxylic acids is 1. The molecule has 1 amide bonds. The highest BCUT2D eigenvalue weighted by Crippen LogP contribution is 2.40. The van der Waals surface area contributed by atoms with Gasteiger partial charge in [0.05, 0.1) is 10.6 Å². The molecule has 2 heterocycles. The van der Waals surface area contributed by atoms with Crippen LogP contribution >= 0.6 is 11.6 Å². The molecule has 0 saturated heterocycles. The number of aliphatic hydroxyl groups is 1. The van der Waals surface area contributed by atoms with E-state index >= 15 is 0 Å². The van der Waals surface area contributed by atoms with Crippen molar-refractivity contribution < 1.29 is 23.1 Å². The minimum atomic E-state index is -4.96. The van der Waals surface area contributed by atoms with Crippen LogP contribution in [0.1, 0.15) is 22.6 Å². The van der Waals surface area contributed by atoms with Gasteiger partial charge in [0.15, 0.2) is 0 Å². The van der Waals surface area contributed by atoms with Gasteiger partial charge in [-0.05, 0) is 6.07 Å². The van der Waals surface area contributed by atoms with Crippen molar-refractivity contribution in [2.45, 2.75) is 18.2 Å². The third-order valence-electron chi connectivity index (χ3n) is 3.44. The van der Waals surface area contributed by atoms with Crippen LogP contribution in [0.3, 0.4) is 0 Å². The minimum absolute atomic E-state index is 0.0340. The SMILES string of the molecule is Cn1ccnc1[C@](O)(CCNC(=O)c1cnccc1Cl)C(F)(F)F. The number of alkyl halides is 3. The van der Waals surface area contributed by atoms with Crippen LogP contribution in [0.15, 0.2) is 30.9 Å². The second kappa shape index (κ2) is 6.78. The third-order valence-corrected chi connectivity index (χ3v) is 3.77. The van der Waals surface area contributed by atoms with Crippen molar-refractivity contribution in [3.63, 3.8) is 0 Å². The summed E-state index contributed by atoms with van der Waals surface area (Å²) < 4.78 is 41.0. The lowest BCUT2D eigenvalue weighted by atomic mass is 9.97. The Morgan fingerprint density at radius 2 is 2.12 bits per heavy atom. The number of amides is 1. The predicted molar refractivity (Wildman–Crippen MR) is 79.4 cm³/mol. The first-order chi connectivity index (χ1) is 11.2. The van der Waals surface area contributed by atoms with Crippen molar-refractivity contribution in [3.8, 4) is 0 Å². The van der Waals surface area contributed by atoms with Crippen molar-refractivity contribution in [1.82, 2.24) is 19.9 Å². The summed E-state index contributed by atoms with van der Waals surface area (Å²) in [5.41, 5.74) is -3.15. The van der Waals surface area contributed by atoms with E-state index in [-0.39, 0.29) is 10.6 Å². The first-order valence-electron chi connectivity index (χ1n) is 6.81. The molecule has 2 aromatic rings. The molecule has 0 fully saturated rings. The molecule has 0 unspecified atom stereocenters. The van der Waals surface area contributed by atoms with Crippen LogP contribution in [0, 0.1) is 0 Å². The Bertz CT molecular complexity index is 735. The number of hydrogen-bond donors (Lipinski definition) is 2. The predicted octanol–water partition coefficient (Wildman–Crippen LogP) is 2.04. The second-order valence-electron chi connectivity index (χ2n) is 5.08. The molecule has 2 aromatic heterocycles. The molecule has 0 radical (unpaired) electrons. The maximum atomic E-state index is 13.3. The number of aromatic nitrogens is 3. The minimum Gasteiger partial charge on any atom is -0.374 e. The van der Waals surface area contributed by atoms with Crippen LogP contribution in [0.25, 0.3) is 0 Å². The Kier molecular flexibility index (Phi) is 5.14. The van der Waals surface area contributed by atoms with Gasteiger partial charge in [0.25, 0.3) is 5.91 Å². The fourth-order valence-electron chi connectivity index (χ4n) is 2.14. The second-order valence-corrected chi connectivity index (χ2v) is 5.49. The summed E-state index contributed by atoms with van der Waals surface area (Å²) in [6.45, 7) is -0.438. The van der Waals surface area contributed by atoms with Crippen molar-refractivity contribution in [2.24, 2.45) is 7.05 Å². The van der Waals surface area contributed by atoms with Gasteiger partial charge in [0, 0.05) is 44.8 Å². The lowest BCUT2D eigenvalue weighted by molar-refractivity contribution is -0.272. The summed E-state index contributed by atoms with van der Waals surface area (Å²) in [5, 5.41) is 12.5. The molecule has 0 aliphatic carbocycles. The molecule has 24 heavy (non-hydrogen) atoms. The summed E-state index contributed by atoms with van der Waals surface area (Å²) in [4.78, 5) is 19.2. The summed E-state index contributed by atoms with van der Waals surface area (Å²) in [7, 11) is 1.34. The smallest absolute Gasteiger partial charge is 0.374 e. The average molecular weight is 363 g/mol. The maximum Gasteiger partial charge on any atom is 0.424 e. The summed E-state index contributed by atoms with van der Waals surface area (Å²) in [5.74, 6) is -1.24. The van der Waals surface area contributed by atoms with Crippen molar-refractivity contribution in [1.29, 1.82) is 0 Å². The van der Waals surface area contributed by atoms with Gasteiger partial charge in [0.1, 0.15) is 5.82 Å². The Morgan fingerprint density at radius 3 is 2.67 bits per heavy atom. The van der Waals surface area contributed by atoms with Crippen molar-refractivity contribution in [2.75, 3.05) is 6.54 Å². The van der Waals surface area contributed by atoms with Crippen LogP contribution < -0.4 is 5.32 Å². The van der Waals surface area contributed by atoms with Crippen LogP contribution in [0.5, 0.6) is 0 Å². The molecule has 0 aliphatic heterocycles. The standard InChI is InChI=1S/C14H14ClF3N4O2/c1-22-7-6-21-12(22)13(24,14(16,17)18)3-5-20-11(23)9-8-19-4-2-10(9)15/h2,4,6-8,24H,3,5H2,1H3,(H,20,23)/t13-/m1/s1. The highest BCUT2D eigenvalue weighted by molar-refractivity contribution is 6.33. The van der Waals surface area contributed by atoms with Gasteiger partial charge in [-0.1, -0.05) is 11.6 Å². The summed E-state index contributed by atoms with van der Waals surface area (Å²) in [6.07, 6.45) is -0.733. The van der Waals surface area contributed by atoms with E-state index in [1.54, 1.807) is 0 Å². The van der Waals surface area contributed by atoms with Crippen LogP contribution in [0.4, 0.5) is 13.2 Å². The quantitative estimate of drug-likeness (QED) is 0.853. The third kappa shape index (κ3) is 3.51. The average Bonchev–Trinajstić information content (AvgIpc) is 2.92. The van der Waals surface area contributed by atoms with Crippen LogP contribution in [0.2, 0.25) is 5.02 Å². The molecule has 10 heteroatoms. The van der Waals surface area contributed by atoms with Gasteiger partial charge in [-0.15, -0.1) is 0 Å². The molecule has 130 valence electrons. The molecule has 0 spiro atoms. The zero-order chi connectivity index (χ0) is 18.0.